The van der Waals surface area contributed by atoms with E-state index in [-0.39, 0.29) is 12.2 Å². The first kappa shape index (κ1) is 19.9. The van der Waals surface area contributed by atoms with Gasteiger partial charge in [0.2, 0.25) is 10.0 Å². The average Bonchev–Trinajstić information content (AvgIpc) is 3.07. The maximum absolute atomic E-state index is 12.8. The molecule has 28 heavy (non-hydrogen) atoms. The number of rotatable bonds is 6. The van der Waals surface area contributed by atoms with E-state index in [1.54, 1.807) is 24.3 Å². The Kier molecular flexibility index (Phi) is 5.99. The first-order chi connectivity index (χ1) is 13.4. The van der Waals surface area contributed by atoms with E-state index in [9.17, 15) is 18.0 Å². The molecule has 0 aromatic heterocycles. The number of esters is 1. The molecule has 2 aromatic rings. The van der Waals surface area contributed by atoms with E-state index in [1.165, 1.54) is 11.4 Å². The van der Waals surface area contributed by atoms with Crippen molar-refractivity contribution in [1.82, 2.24) is 5.32 Å². The Balaban J connectivity index is 1.82. The molecular weight excluding hydrogens is 380 g/mol. The molecule has 1 heterocycles. The summed E-state index contributed by atoms with van der Waals surface area (Å²) in [4.78, 5) is 24.6. The second-order valence-corrected chi connectivity index (χ2v) is 8.52. The lowest BCUT2D eigenvalue weighted by Gasteiger charge is -2.20. The monoisotopic (exact) mass is 402 g/mol. The van der Waals surface area contributed by atoms with Gasteiger partial charge in [0.25, 0.3) is 5.91 Å². The molecule has 1 aliphatic rings. The van der Waals surface area contributed by atoms with Crippen molar-refractivity contribution in [1.29, 1.82) is 0 Å². The summed E-state index contributed by atoms with van der Waals surface area (Å²) in [5.74, 6) is -0.721. The van der Waals surface area contributed by atoms with E-state index in [4.69, 9.17) is 4.74 Å². The summed E-state index contributed by atoms with van der Waals surface area (Å²) in [6.45, 7) is 0.405. The van der Waals surface area contributed by atoms with Gasteiger partial charge < -0.3 is 10.1 Å². The van der Waals surface area contributed by atoms with Crippen LogP contribution >= 0.6 is 0 Å². The van der Waals surface area contributed by atoms with Crippen LogP contribution in [0.1, 0.15) is 34.8 Å². The summed E-state index contributed by atoms with van der Waals surface area (Å²) >= 11 is 0. The number of nitrogens with one attached hydrogen (secondary N) is 1. The molecule has 8 heteroatoms. The molecule has 1 amide bonds. The molecule has 1 fully saturated rings. The van der Waals surface area contributed by atoms with Crippen molar-refractivity contribution in [3.63, 3.8) is 0 Å². The SMILES string of the molecule is COC(=O)C[C@H](NC(=O)c1cccc(N2CCCS2(=O)=O)c1)c1ccccc1. The number of methoxy groups -OCH3 is 1. The lowest BCUT2D eigenvalue weighted by Crippen LogP contribution is -2.31. The second kappa shape index (κ2) is 8.43. The predicted octanol–water partition coefficient (Wildman–Crippen LogP) is 2.26. The summed E-state index contributed by atoms with van der Waals surface area (Å²) < 4.78 is 30.3. The highest BCUT2D eigenvalue weighted by molar-refractivity contribution is 7.93. The average molecular weight is 402 g/mol. The third-order valence-corrected chi connectivity index (χ3v) is 6.47. The molecule has 7 nitrogen and oxygen atoms in total. The van der Waals surface area contributed by atoms with Crippen LogP contribution in [0.25, 0.3) is 0 Å². The number of hydrogen-bond donors (Lipinski definition) is 1. The normalized spacial score (nSPS) is 16.4. The van der Waals surface area contributed by atoms with E-state index in [0.29, 0.717) is 24.2 Å². The Hall–Kier alpha value is -2.87. The van der Waals surface area contributed by atoms with Crippen LogP contribution in [0.2, 0.25) is 0 Å². The van der Waals surface area contributed by atoms with Gasteiger partial charge in [0.15, 0.2) is 0 Å². The third-order valence-electron chi connectivity index (χ3n) is 4.60. The summed E-state index contributed by atoms with van der Waals surface area (Å²) in [5.41, 5.74) is 1.57. The zero-order valence-corrected chi connectivity index (χ0v) is 16.3. The van der Waals surface area contributed by atoms with Crippen molar-refractivity contribution in [2.24, 2.45) is 0 Å². The van der Waals surface area contributed by atoms with Gasteiger partial charge >= 0.3 is 5.97 Å². The fourth-order valence-corrected chi connectivity index (χ4v) is 4.72. The number of benzene rings is 2. The highest BCUT2D eigenvalue weighted by Gasteiger charge is 2.29. The van der Waals surface area contributed by atoms with Gasteiger partial charge in [-0.05, 0) is 30.2 Å². The Morgan fingerprint density at radius 3 is 2.54 bits per heavy atom. The molecular formula is C20H22N2O5S. The highest BCUT2D eigenvalue weighted by Crippen LogP contribution is 2.25. The van der Waals surface area contributed by atoms with Crippen LogP contribution in [0.5, 0.6) is 0 Å². The van der Waals surface area contributed by atoms with Crippen molar-refractivity contribution in [2.75, 3.05) is 23.7 Å². The fourth-order valence-electron chi connectivity index (χ4n) is 3.16. The first-order valence-corrected chi connectivity index (χ1v) is 10.5. The zero-order chi connectivity index (χ0) is 20.1. The maximum Gasteiger partial charge on any atom is 0.307 e. The van der Waals surface area contributed by atoms with E-state index >= 15 is 0 Å². The minimum atomic E-state index is -3.33. The second-order valence-electron chi connectivity index (χ2n) is 6.51. The summed E-state index contributed by atoms with van der Waals surface area (Å²) in [5, 5.41) is 2.85. The first-order valence-electron chi connectivity index (χ1n) is 8.94. The van der Waals surface area contributed by atoms with E-state index in [1.807, 2.05) is 30.3 Å². The molecule has 1 saturated heterocycles. The third kappa shape index (κ3) is 4.51. The maximum atomic E-state index is 12.8. The molecule has 2 aromatic carbocycles. The lowest BCUT2D eigenvalue weighted by molar-refractivity contribution is -0.141. The molecule has 1 aliphatic heterocycles. The number of carbonyl (C=O) groups is 2. The van der Waals surface area contributed by atoms with Crippen molar-refractivity contribution in [3.05, 3.63) is 65.7 Å². The number of amides is 1. The van der Waals surface area contributed by atoms with Crippen LogP contribution in [0.4, 0.5) is 5.69 Å². The van der Waals surface area contributed by atoms with Crippen molar-refractivity contribution in [3.8, 4) is 0 Å². The van der Waals surface area contributed by atoms with Gasteiger partial charge in [0, 0.05) is 12.1 Å². The lowest BCUT2D eigenvalue weighted by atomic mass is 10.0. The summed E-state index contributed by atoms with van der Waals surface area (Å²) in [6.07, 6.45) is 0.556. The Bertz CT molecular complexity index is 960. The highest BCUT2D eigenvalue weighted by atomic mass is 32.2. The van der Waals surface area contributed by atoms with E-state index in [0.717, 1.165) is 5.56 Å². The number of carbonyl (C=O) groups excluding carboxylic acids is 2. The van der Waals surface area contributed by atoms with Crippen LogP contribution in [-0.2, 0) is 19.6 Å². The largest absolute Gasteiger partial charge is 0.469 e. The minimum absolute atomic E-state index is 0.00749. The van der Waals surface area contributed by atoms with E-state index < -0.39 is 27.9 Å². The van der Waals surface area contributed by atoms with Crippen LogP contribution in [0.15, 0.2) is 54.6 Å². The number of sulfonamides is 1. The smallest absolute Gasteiger partial charge is 0.307 e. The Labute approximate surface area is 164 Å². The van der Waals surface area contributed by atoms with Crippen LogP contribution in [-0.4, -0.2) is 39.7 Å². The molecule has 3 rings (SSSR count). The molecule has 148 valence electrons. The zero-order valence-electron chi connectivity index (χ0n) is 15.5. The topological polar surface area (TPSA) is 92.8 Å². The molecule has 0 aliphatic carbocycles. The summed E-state index contributed by atoms with van der Waals surface area (Å²) in [7, 11) is -2.03. The van der Waals surface area contributed by atoms with Crippen LogP contribution < -0.4 is 9.62 Å². The molecule has 0 spiro atoms. The van der Waals surface area contributed by atoms with Crippen molar-refractivity contribution in [2.45, 2.75) is 18.9 Å². The van der Waals surface area contributed by atoms with Gasteiger partial charge in [-0.2, -0.15) is 0 Å². The Morgan fingerprint density at radius 1 is 1.14 bits per heavy atom. The number of nitrogens with zero attached hydrogens (tertiary/aromatic N) is 1. The minimum Gasteiger partial charge on any atom is -0.469 e. The van der Waals surface area contributed by atoms with Gasteiger partial charge in [-0.3, -0.25) is 13.9 Å². The van der Waals surface area contributed by atoms with E-state index in [2.05, 4.69) is 5.32 Å². The molecule has 0 saturated carbocycles. The molecule has 1 N–H and O–H groups in total. The number of hydrogen-bond acceptors (Lipinski definition) is 5. The van der Waals surface area contributed by atoms with Gasteiger partial charge in [-0.25, -0.2) is 8.42 Å². The number of anilines is 1. The summed E-state index contributed by atoms with van der Waals surface area (Å²) in [6, 6.07) is 15.1. The fraction of sp³-hybridized carbons (Fsp3) is 0.300. The van der Waals surface area contributed by atoms with Crippen molar-refractivity contribution < 1.29 is 22.7 Å². The Morgan fingerprint density at radius 2 is 1.89 bits per heavy atom. The standard InChI is InChI=1S/C20H22N2O5S/c1-27-19(23)14-18(15-7-3-2-4-8-15)21-20(24)16-9-5-10-17(13-16)22-11-6-12-28(22,25)26/h2-5,7-10,13,18H,6,11-12,14H2,1H3,(H,21,24)/t18-/m0/s1. The predicted molar refractivity (Wildman–Crippen MR) is 105 cm³/mol. The molecule has 0 bridgehead atoms. The molecule has 1 atom stereocenters. The molecule has 0 unspecified atom stereocenters. The van der Waals surface area contributed by atoms with Gasteiger partial charge in [0.1, 0.15) is 0 Å². The van der Waals surface area contributed by atoms with Crippen molar-refractivity contribution >= 4 is 27.6 Å². The van der Waals surface area contributed by atoms with Gasteiger partial charge in [-0.1, -0.05) is 36.4 Å². The van der Waals surface area contributed by atoms with Gasteiger partial charge in [-0.15, -0.1) is 0 Å². The molecule has 0 radical (unpaired) electrons. The number of ether oxygens (including phenoxy) is 1. The van der Waals surface area contributed by atoms with Crippen LogP contribution in [0.3, 0.4) is 0 Å². The van der Waals surface area contributed by atoms with Gasteiger partial charge in [0.05, 0.1) is 31.0 Å². The quantitative estimate of drug-likeness (QED) is 0.748. The van der Waals surface area contributed by atoms with Crippen LogP contribution in [0, 0.1) is 0 Å².